The number of rotatable bonds is 3. The number of amides is 1. The van der Waals surface area contributed by atoms with Crippen LogP contribution in [0.5, 0.6) is 0 Å². The molecule has 4 nitrogen and oxygen atoms in total. The maximum atomic E-state index is 11.5. The second-order valence-corrected chi connectivity index (χ2v) is 4.72. The molecule has 0 spiro atoms. The SMILES string of the molecule is CC(C)(C)OC(=O)C=CC(=O)Nc1ccccc1. The van der Waals surface area contributed by atoms with Gasteiger partial charge in [0.05, 0.1) is 0 Å². The van der Waals surface area contributed by atoms with Crippen LogP contribution < -0.4 is 5.32 Å². The fourth-order valence-electron chi connectivity index (χ4n) is 1.18. The number of anilines is 1. The summed E-state index contributed by atoms with van der Waals surface area (Å²) >= 11 is 0. The van der Waals surface area contributed by atoms with Gasteiger partial charge in [0.15, 0.2) is 0 Å². The smallest absolute Gasteiger partial charge is 0.331 e. The lowest BCUT2D eigenvalue weighted by Gasteiger charge is -2.17. The Balaban J connectivity index is 2.48. The van der Waals surface area contributed by atoms with Gasteiger partial charge in [-0.1, -0.05) is 18.2 Å². The molecule has 1 aromatic rings. The minimum atomic E-state index is -0.558. The average Bonchev–Trinajstić information content (AvgIpc) is 2.25. The first-order chi connectivity index (χ1) is 8.37. The van der Waals surface area contributed by atoms with Gasteiger partial charge < -0.3 is 10.1 Å². The molecule has 0 saturated heterocycles. The summed E-state index contributed by atoms with van der Waals surface area (Å²) in [6.07, 6.45) is 2.27. The van der Waals surface area contributed by atoms with Crippen molar-refractivity contribution in [3.05, 3.63) is 42.5 Å². The summed E-state index contributed by atoms with van der Waals surface area (Å²) in [5, 5.41) is 2.63. The van der Waals surface area contributed by atoms with Crippen LogP contribution in [0.2, 0.25) is 0 Å². The zero-order chi connectivity index (χ0) is 13.6. The highest BCUT2D eigenvalue weighted by atomic mass is 16.6. The van der Waals surface area contributed by atoms with Gasteiger partial charge in [-0.05, 0) is 32.9 Å². The van der Waals surface area contributed by atoms with E-state index in [4.69, 9.17) is 4.74 Å². The van der Waals surface area contributed by atoms with Crippen LogP contribution in [0.25, 0.3) is 0 Å². The topological polar surface area (TPSA) is 55.4 Å². The molecule has 18 heavy (non-hydrogen) atoms. The summed E-state index contributed by atoms with van der Waals surface area (Å²) < 4.78 is 5.03. The van der Waals surface area contributed by atoms with Crippen molar-refractivity contribution >= 4 is 17.6 Å². The number of hydrogen-bond acceptors (Lipinski definition) is 3. The van der Waals surface area contributed by atoms with Gasteiger partial charge in [-0.25, -0.2) is 4.79 Å². The number of carbonyl (C=O) groups excluding carboxylic acids is 2. The van der Waals surface area contributed by atoms with Gasteiger partial charge in [-0.3, -0.25) is 4.79 Å². The van der Waals surface area contributed by atoms with E-state index >= 15 is 0 Å². The predicted molar refractivity (Wildman–Crippen MR) is 70.1 cm³/mol. The Kier molecular flexibility index (Phi) is 4.66. The fraction of sp³-hybridized carbons (Fsp3) is 0.286. The zero-order valence-corrected chi connectivity index (χ0v) is 10.8. The lowest BCUT2D eigenvalue weighted by atomic mass is 10.2. The third kappa shape index (κ3) is 5.84. The van der Waals surface area contributed by atoms with E-state index in [1.165, 1.54) is 0 Å². The van der Waals surface area contributed by atoms with E-state index in [0.29, 0.717) is 5.69 Å². The van der Waals surface area contributed by atoms with Crippen LogP contribution in [0.1, 0.15) is 20.8 Å². The first kappa shape index (κ1) is 14.0. The minimum Gasteiger partial charge on any atom is -0.457 e. The molecule has 0 bridgehead atoms. The predicted octanol–water partition coefficient (Wildman–Crippen LogP) is 2.52. The highest BCUT2D eigenvalue weighted by Crippen LogP contribution is 2.07. The molecule has 0 aliphatic carbocycles. The summed E-state index contributed by atoms with van der Waals surface area (Å²) in [4.78, 5) is 22.8. The summed E-state index contributed by atoms with van der Waals surface area (Å²) in [6.45, 7) is 5.30. The van der Waals surface area contributed by atoms with E-state index in [2.05, 4.69) is 5.32 Å². The van der Waals surface area contributed by atoms with E-state index in [-0.39, 0.29) is 5.91 Å². The summed E-state index contributed by atoms with van der Waals surface area (Å²) in [6, 6.07) is 9.00. The van der Waals surface area contributed by atoms with Crippen LogP contribution in [-0.2, 0) is 14.3 Å². The van der Waals surface area contributed by atoms with Crippen molar-refractivity contribution in [2.45, 2.75) is 26.4 Å². The molecule has 1 aromatic carbocycles. The molecule has 96 valence electrons. The molecule has 0 radical (unpaired) electrons. The van der Waals surface area contributed by atoms with Gasteiger partial charge in [-0.15, -0.1) is 0 Å². The number of esters is 1. The van der Waals surface area contributed by atoms with Crippen LogP contribution in [-0.4, -0.2) is 17.5 Å². The second-order valence-electron chi connectivity index (χ2n) is 4.72. The Morgan fingerprint density at radius 1 is 1.11 bits per heavy atom. The van der Waals surface area contributed by atoms with Gasteiger partial charge in [0.2, 0.25) is 5.91 Å². The largest absolute Gasteiger partial charge is 0.457 e. The Labute approximate surface area is 107 Å². The minimum absolute atomic E-state index is 0.368. The van der Waals surface area contributed by atoms with E-state index < -0.39 is 11.6 Å². The van der Waals surface area contributed by atoms with Gasteiger partial charge in [0.1, 0.15) is 5.60 Å². The molecular weight excluding hydrogens is 230 g/mol. The number of benzene rings is 1. The molecule has 1 rings (SSSR count). The van der Waals surface area contributed by atoms with E-state index in [1.807, 2.05) is 18.2 Å². The van der Waals surface area contributed by atoms with E-state index in [0.717, 1.165) is 12.2 Å². The molecule has 1 amide bonds. The maximum absolute atomic E-state index is 11.5. The summed E-state index contributed by atoms with van der Waals surface area (Å²) in [5.41, 5.74) is 0.119. The molecule has 1 N–H and O–H groups in total. The quantitative estimate of drug-likeness (QED) is 0.659. The number of ether oxygens (including phenoxy) is 1. The van der Waals surface area contributed by atoms with Crippen molar-refractivity contribution in [2.75, 3.05) is 5.32 Å². The van der Waals surface area contributed by atoms with Gasteiger partial charge in [0.25, 0.3) is 0 Å². The molecule has 0 aliphatic rings. The zero-order valence-electron chi connectivity index (χ0n) is 10.8. The van der Waals surface area contributed by atoms with Crippen molar-refractivity contribution in [2.24, 2.45) is 0 Å². The van der Waals surface area contributed by atoms with Crippen molar-refractivity contribution in [3.8, 4) is 0 Å². The van der Waals surface area contributed by atoms with Crippen LogP contribution in [0, 0.1) is 0 Å². The third-order valence-corrected chi connectivity index (χ3v) is 1.82. The Hall–Kier alpha value is -2.10. The maximum Gasteiger partial charge on any atom is 0.331 e. The van der Waals surface area contributed by atoms with Gasteiger partial charge in [0, 0.05) is 17.8 Å². The molecule has 0 atom stereocenters. The highest BCUT2D eigenvalue weighted by molar-refractivity contribution is 6.02. The fourth-order valence-corrected chi connectivity index (χ4v) is 1.18. The molecule has 4 heteroatoms. The van der Waals surface area contributed by atoms with E-state index in [9.17, 15) is 9.59 Å². The average molecular weight is 247 g/mol. The van der Waals surface area contributed by atoms with E-state index in [1.54, 1.807) is 32.9 Å². The van der Waals surface area contributed by atoms with Crippen molar-refractivity contribution < 1.29 is 14.3 Å². The first-order valence-corrected chi connectivity index (χ1v) is 5.64. The van der Waals surface area contributed by atoms with Crippen molar-refractivity contribution in [1.82, 2.24) is 0 Å². The monoisotopic (exact) mass is 247 g/mol. The highest BCUT2D eigenvalue weighted by Gasteiger charge is 2.14. The van der Waals surface area contributed by atoms with Crippen molar-refractivity contribution in [1.29, 1.82) is 0 Å². The Bertz CT molecular complexity index is 444. The molecule has 0 fully saturated rings. The standard InChI is InChI=1S/C14H17NO3/c1-14(2,3)18-13(17)10-9-12(16)15-11-7-5-4-6-8-11/h4-10H,1-3H3,(H,15,16). The molecule has 0 unspecified atom stereocenters. The van der Waals surface area contributed by atoms with Gasteiger partial charge in [-0.2, -0.15) is 0 Å². The molecule has 0 saturated carbocycles. The number of nitrogens with one attached hydrogen (secondary N) is 1. The third-order valence-electron chi connectivity index (χ3n) is 1.82. The van der Waals surface area contributed by atoms with Crippen LogP contribution in [0.15, 0.2) is 42.5 Å². The summed E-state index contributed by atoms with van der Waals surface area (Å²) in [5.74, 6) is -0.905. The molecular formula is C14H17NO3. The second kappa shape index (κ2) is 6.00. The van der Waals surface area contributed by atoms with Crippen LogP contribution >= 0.6 is 0 Å². The summed E-state index contributed by atoms with van der Waals surface area (Å²) in [7, 11) is 0. The number of hydrogen-bond donors (Lipinski definition) is 1. The lowest BCUT2D eigenvalue weighted by Crippen LogP contribution is -2.22. The lowest BCUT2D eigenvalue weighted by molar-refractivity contribution is -0.148. The van der Waals surface area contributed by atoms with Crippen molar-refractivity contribution in [3.63, 3.8) is 0 Å². The van der Waals surface area contributed by atoms with Crippen LogP contribution in [0.4, 0.5) is 5.69 Å². The van der Waals surface area contributed by atoms with Crippen LogP contribution in [0.3, 0.4) is 0 Å². The molecule has 0 heterocycles. The Morgan fingerprint density at radius 3 is 2.28 bits per heavy atom. The molecule has 0 aliphatic heterocycles. The number of carbonyl (C=O) groups is 2. The number of para-hydroxylation sites is 1. The first-order valence-electron chi connectivity index (χ1n) is 5.64. The normalized spacial score (nSPS) is 11.3. The molecule has 0 aromatic heterocycles. The Morgan fingerprint density at radius 2 is 1.72 bits per heavy atom. The van der Waals surface area contributed by atoms with Gasteiger partial charge >= 0.3 is 5.97 Å².